The van der Waals surface area contributed by atoms with Crippen molar-refractivity contribution < 1.29 is 0 Å². The van der Waals surface area contributed by atoms with Gasteiger partial charge in [-0.1, -0.05) is 32.1 Å². The van der Waals surface area contributed by atoms with E-state index in [0.29, 0.717) is 0 Å². The number of hydrogen-bond acceptors (Lipinski definition) is 2. The molecule has 3 rings (SSSR count). The molecule has 2 heteroatoms. The summed E-state index contributed by atoms with van der Waals surface area (Å²) in [5.74, 6) is 1.04. The molecule has 0 unspecified atom stereocenters. The highest BCUT2D eigenvalue weighted by molar-refractivity contribution is 4.88. The lowest BCUT2D eigenvalue weighted by Crippen LogP contribution is -2.43. The van der Waals surface area contributed by atoms with Crippen molar-refractivity contribution in [1.29, 1.82) is 0 Å². The van der Waals surface area contributed by atoms with E-state index in [1.165, 1.54) is 83.8 Å². The predicted molar refractivity (Wildman–Crippen MR) is 76.8 cm³/mol. The lowest BCUT2D eigenvalue weighted by molar-refractivity contribution is 0.187. The molecule has 0 atom stereocenters. The van der Waals surface area contributed by atoms with Gasteiger partial charge in [0, 0.05) is 12.1 Å². The van der Waals surface area contributed by atoms with Crippen LogP contribution in [-0.2, 0) is 0 Å². The molecule has 3 aliphatic rings. The van der Waals surface area contributed by atoms with E-state index in [-0.39, 0.29) is 0 Å². The third kappa shape index (κ3) is 3.71. The third-order valence-electron chi connectivity index (χ3n) is 5.30. The Hall–Kier alpha value is -0.0800. The minimum Gasteiger partial charge on any atom is -0.314 e. The van der Waals surface area contributed by atoms with Gasteiger partial charge in [-0.3, -0.25) is 0 Å². The summed E-state index contributed by atoms with van der Waals surface area (Å²) in [7, 11) is 0. The maximum atomic E-state index is 3.82. The average molecular weight is 250 g/mol. The van der Waals surface area contributed by atoms with Crippen LogP contribution in [-0.4, -0.2) is 36.6 Å². The Kier molecular flexibility index (Phi) is 4.58. The topological polar surface area (TPSA) is 15.3 Å². The molecule has 1 aliphatic heterocycles. The Morgan fingerprint density at radius 1 is 0.833 bits per heavy atom. The Labute approximate surface area is 113 Å². The molecule has 2 saturated carbocycles. The highest BCUT2D eigenvalue weighted by Crippen LogP contribution is 2.29. The zero-order chi connectivity index (χ0) is 12.2. The van der Waals surface area contributed by atoms with Crippen molar-refractivity contribution in [3.05, 3.63) is 0 Å². The van der Waals surface area contributed by atoms with E-state index in [1.54, 1.807) is 0 Å². The molecule has 104 valence electrons. The lowest BCUT2D eigenvalue weighted by atomic mass is 9.87. The number of nitrogens with one attached hydrogen (secondary N) is 1. The van der Waals surface area contributed by atoms with Crippen molar-refractivity contribution in [2.45, 2.75) is 76.3 Å². The van der Waals surface area contributed by atoms with Crippen LogP contribution in [0.1, 0.15) is 64.2 Å². The summed E-state index contributed by atoms with van der Waals surface area (Å²) >= 11 is 0. The van der Waals surface area contributed by atoms with Gasteiger partial charge in [0.15, 0.2) is 0 Å². The van der Waals surface area contributed by atoms with Gasteiger partial charge < -0.3 is 10.2 Å². The third-order valence-corrected chi connectivity index (χ3v) is 5.30. The maximum absolute atomic E-state index is 3.82. The van der Waals surface area contributed by atoms with Crippen LogP contribution in [0.3, 0.4) is 0 Å². The Bertz CT molecular complexity index is 235. The molecule has 0 bridgehead atoms. The Morgan fingerprint density at radius 3 is 2.22 bits per heavy atom. The molecule has 1 N–H and O–H groups in total. The van der Waals surface area contributed by atoms with Crippen LogP contribution in [0.2, 0.25) is 0 Å². The fourth-order valence-corrected chi connectivity index (χ4v) is 3.88. The number of hydrogen-bond donors (Lipinski definition) is 1. The minimum atomic E-state index is 0.823. The SMILES string of the molecule is C1CCC(CCNC2CCN(C3CC3)CC2)CC1. The molecule has 0 aromatic carbocycles. The predicted octanol–water partition coefficient (Wildman–Crippen LogP) is 3.17. The second kappa shape index (κ2) is 6.38. The zero-order valence-corrected chi connectivity index (χ0v) is 11.9. The van der Waals surface area contributed by atoms with Gasteiger partial charge in [-0.2, -0.15) is 0 Å². The van der Waals surface area contributed by atoms with Crippen molar-refractivity contribution in [3.63, 3.8) is 0 Å². The molecule has 0 aromatic heterocycles. The largest absolute Gasteiger partial charge is 0.314 e. The summed E-state index contributed by atoms with van der Waals surface area (Å²) in [6, 6.07) is 1.80. The van der Waals surface area contributed by atoms with Gasteiger partial charge in [-0.25, -0.2) is 0 Å². The fraction of sp³-hybridized carbons (Fsp3) is 1.00. The highest BCUT2D eigenvalue weighted by atomic mass is 15.2. The van der Waals surface area contributed by atoms with Gasteiger partial charge >= 0.3 is 0 Å². The summed E-state index contributed by atoms with van der Waals surface area (Å²) in [5.41, 5.74) is 0. The minimum absolute atomic E-state index is 0.823. The van der Waals surface area contributed by atoms with Gasteiger partial charge in [0.05, 0.1) is 0 Å². The van der Waals surface area contributed by atoms with Crippen molar-refractivity contribution in [3.8, 4) is 0 Å². The van der Waals surface area contributed by atoms with E-state index < -0.39 is 0 Å². The Balaban J connectivity index is 1.27. The smallest absolute Gasteiger partial charge is 0.00964 e. The second-order valence-corrected chi connectivity index (χ2v) is 6.79. The summed E-state index contributed by atoms with van der Waals surface area (Å²) in [4.78, 5) is 2.72. The fourth-order valence-electron chi connectivity index (χ4n) is 3.88. The molecule has 2 nitrogen and oxygen atoms in total. The molecule has 18 heavy (non-hydrogen) atoms. The van der Waals surface area contributed by atoms with Crippen LogP contribution in [0.5, 0.6) is 0 Å². The van der Waals surface area contributed by atoms with Gasteiger partial charge in [-0.05, 0) is 57.7 Å². The van der Waals surface area contributed by atoms with E-state index >= 15 is 0 Å². The zero-order valence-electron chi connectivity index (χ0n) is 11.9. The molecule has 0 amide bonds. The molecular formula is C16H30N2. The van der Waals surface area contributed by atoms with Crippen LogP contribution in [0, 0.1) is 5.92 Å². The van der Waals surface area contributed by atoms with E-state index in [2.05, 4.69) is 10.2 Å². The second-order valence-electron chi connectivity index (χ2n) is 6.79. The molecule has 3 fully saturated rings. The van der Waals surface area contributed by atoms with E-state index in [4.69, 9.17) is 0 Å². The van der Waals surface area contributed by atoms with Crippen LogP contribution < -0.4 is 5.32 Å². The highest BCUT2D eigenvalue weighted by Gasteiger charge is 2.31. The van der Waals surface area contributed by atoms with Crippen LogP contribution >= 0.6 is 0 Å². The van der Waals surface area contributed by atoms with Crippen LogP contribution in [0.15, 0.2) is 0 Å². The summed E-state index contributed by atoms with van der Waals surface area (Å²) < 4.78 is 0. The lowest BCUT2D eigenvalue weighted by Gasteiger charge is -2.33. The van der Waals surface area contributed by atoms with Gasteiger partial charge in [0.25, 0.3) is 0 Å². The first-order valence-corrected chi connectivity index (χ1v) is 8.39. The molecule has 2 aliphatic carbocycles. The van der Waals surface area contributed by atoms with E-state index in [0.717, 1.165) is 18.0 Å². The molecule has 0 aromatic rings. The standard InChI is InChI=1S/C16H30N2/c1-2-4-14(5-3-1)8-11-17-15-9-12-18(13-10-15)16-6-7-16/h14-17H,1-13H2. The van der Waals surface area contributed by atoms with E-state index in [9.17, 15) is 0 Å². The van der Waals surface area contributed by atoms with Gasteiger partial charge in [-0.15, -0.1) is 0 Å². The van der Waals surface area contributed by atoms with Crippen molar-refractivity contribution in [2.24, 2.45) is 5.92 Å². The van der Waals surface area contributed by atoms with Crippen molar-refractivity contribution >= 4 is 0 Å². The number of likely N-dealkylation sites (tertiary alicyclic amines) is 1. The number of piperidine rings is 1. The van der Waals surface area contributed by atoms with Gasteiger partial charge in [0.1, 0.15) is 0 Å². The molecule has 1 heterocycles. The molecular weight excluding hydrogens is 220 g/mol. The number of rotatable bonds is 5. The first kappa shape index (κ1) is 12.9. The first-order valence-electron chi connectivity index (χ1n) is 8.39. The normalized spacial score (nSPS) is 28.7. The molecule has 1 saturated heterocycles. The van der Waals surface area contributed by atoms with Crippen LogP contribution in [0.4, 0.5) is 0 Å². The van der Waals surface area contributed by atoms with Crippen molar-refractivity contribution in [2.75, 3.05) is 19.6 Å². The molecule has 0 spiro atoms. The average Bonchev–Trinajstić information content (AvgIpc) is 3.25. The molecule has 0 radical (unpaired) electrons. The van der Waals surface area contributed by atoms with Crippen LogP contribution in [0.25, 0.3) is 0 Å². The monoisotopic (exact) mass is 250 g/mol. The Morgan fingerprint density at radius 2 is 1.56 bits per heavy atom. The van der Waals surface area contributed by atoms with Gasteiger partial charge in [0.2, 0.25) is 0 Å². The van der Waals surface area contributed by atoms with E-state index in [1.807, 2.05) is 0 Å². The summed E-state index contributed by atoms with van der Waals surface area (Å²) in [5, 5.41) is 3.82. The summed E-state index contributed by atoms with van der Waals surface area (Å²) in [6.07, 6.45) is 14.6. The first-order chi connectivity index (χ1) is 8.92. The summed E-state index contributed by atoms with van der Waals surface area (Å²) in [6.45, 7) is 3.98. The quantitative estimate of drug-likeness (QED) is 0.806. The maximum Gasteiger partial charge on any atom is 0.00964 e. The number of nitrogens with zero attached hydrogens (tertiary/aromatic N) is 1. The van der Waals surface area contributed by atoms with Crippen molar-refractivity contribution in [1.82, 2.24) is 10.2 Å².